The highest BCUT2D eigenvalue weighted by Crippen LogP contribution is 2.22. The molecule has 0 aromatic carbocycles. The number of likely N-dealkylation sites (tertiary alicyclic amines) is 1. The van der Waals surface area contributed by atoms with E-state index >= 15 is 0 Å². The summed E-state index contributed by atoms with van der Waals surface area (Å²) in [7, 11) is -1.35. The van der Waals surface area contributed by atoms with Gasteiger partial charge in [0.2, 0.25) is 0 Å². The first-order valence-corrected chi connectivity index (χ1v) is 9.33. The Kier molecular flexibility index (Phi) is 5.94. The van der Waals surface area contributed by atoms with Crippen LogP contribution in [0.1, 0.15) is 39.2 Å². The van der Waals surface area contributed by atoms with Crippen molar-refractivity contribution in [2.45, 2.75) is 44.2 Å². The quantitative estimate of drug-likeness (QED) is 0.838. The molecule has 0 spiro atoms. The summed E-state index contributed by atoms with van der Waals surface area (Å²) in [6.45, 7) is 6.70. The zero-order chi connectivity index (χ0) is 17.7. The van der Waals surface area contributed by atoms with E-state index in [4.69, 9.17) is 10.00 Å². The van der Waals surface area contributed by atoms with Crippen molar-refractivity contribution in [2.24, 2.45) is 5.92 Å². The van der Waals surface area contributed by atoms with Crippen LogP contribution in [0.4, 0.5) is 4.79 Å². The van der Waals surface area contributed by atoms with Gasteiger partial charge in [-0.1, -0.05) is 0 Å². The van der Waals surface area contributed by atoms with E-state index in [-0.39, 0.29) is 12.0 Å². The van der Waals surface area contributed by atoms with Crippen LogP contribution in [-0.2, 0) is 15.5 Å². The van der Waals surface area contributed by atoms with Crippen LogP contribution in [0, 0.1) is 17.2 Å². The van der Waals surface area contributed by atoms with Gasteiger partial charge in [0.1, 0.15) is 16.7 Å². The molecule has 6 nitrogen and oxygen atoms in total. The fourth-order valence-corrected chi connectivity index (χ4v) is 4.04. The molecule has 0 radical (unpaired) electrons. The zero-order valence-corrected chi connectivity index (χ0v) is 15.1. The van der Waals surface area contributed by atoms with E-state index in [0.29, 0.717) is 29.4 Å². The molecule has 2 heterocycles. The topological polar surface area (TPSA) is 83.3 Å². The number of nitrogens with zero attached hydrogens (tertiary/aromatic N) is 3. The van der Waals surface area contributed by atoms with Gasteiger partial charge in [0, 0.05) is 25.0 Å². The average molecular weight is 349 g/mol. The minimum atomic E-state index is -1.35. The number of hydrogen-bond donors (Lipinski definition) is 0. The number of piperidine rings is 1. The lowest BCUT2D eigenvalue weighted by molar-refractivity contribution is 0.0176. The second kappa shape index (κ2) is 7.75. The summed E-state index contributed by atoms with van der Waals surface area (Å²) in [5.74, 6) is 0.506. The summed E-state index contributed by atoms with van der Waals surface area (Å²) in [4.78, 5) is 18.0. The van der Waals surface area contributed by atoms with Crippen LogP contribution in [0.15, 0.2) is 23.4 Å². The molecule has 2 rings (SSSR count). The number of ether oxygens (including phenoxy) is 1. The largest absolute Gasteiger partial charge is 0.444 e. The van der Waals surface area contributed by atoms with Crippen molar-refractivity contribution in [1.29, 1.82) is 5.26 Å². The van der Waals surface area contributed by atoms with Crippen LogP contribution < -0.4 is 0 Å². The monoisotopic (exact) mass is 349 g/mol. The van der Waals surface area contributed by atoms with E-state index < -0.39 is 16.4 Å². The van der Waals surface area contributed by atoms with Crippen molar-refractivity contribution in [2.75, 3.05) is 18.8 Å². The highest BCUT2D eigenvalue weighted by Gasteiger charge is 2.29. The van der Waals surface area contributed by atoms with Gasteiger partial charge in [-0.05, 0) is 51.7 Å². The number of carbonyl (C=O) groups is 1. The summed E-state index contributed by atoms with van der Waals surface area (Å²) < 4.78 is 18.0. The number of pyridine rings is 1. The molecule has 7 heteroatoms. The lowest BCUT2D eigenvalue weighted by Crippen LogP contribution is -2.44. The maximum absolute atomic E-state index is 12.6. The third-order valence-electron chi connectivity index (χ3n) is 3.67. The Morgan fingerprint density at radius 3 is 2.96 bits per heavy atom. The van der Waals surface area contributed by atoms with Crippen LogP contribution in [0.5, 0.6) is 0 Å². The zero-order valence-electron chi connectivity index (χ0n) is 14.3. The smallest absolute Gasteiger partial charge is 0.410 e. The Labute approximate surface area is 145 Å². The van der Waals surface area contributed by atoms with Crippen molar-refractivity contribution in [3.05, 3.63) is 23.9 Å². The molecule has 1 aromatic rings. The highest BCUT2D eigenvalue weighted by molar-refractivity contribution is 7.85. The SMILES string of the molecule is CC(C)(C)OC(=O)N1CCC[C@@H](C[S@](=O)c2ncccc2C#N)C1. The van der Waals surface area contributed by atoms with Crippen LogP contribution >= 0.6 is 0 Å². The summed E-state index contributed by atoms with van der Waals surface area (Å²) in [6.07, 6.45) is 2.98. The van der Waals surface area contributed by atoms with E-state index in [9.17, 15) is 9.00 Å². The number of nitriles is 1. The van der Waals surface area contributed by atoms with Crippen molar-refractivity contribution in [1.82, 2.24) is 9.88 Å². The molecule has 1 amide bonds. The molecule has 1 fully saturated rings. The summed E-state index contributed by atoms with van der Waals surface area (Å²) >= 11 is 0. The van der Waals surface area contributed by atoms with Gasteiger partial charge in [0.05, 0.1) is 16.4 Å². The molecule has 1 aliphatic heterocycles. The number of rotatable bonds is 3. The van der Waals surface area contributed by atoms with Crippen LogP contribution in [-0.4, -0.2) is 44.6 Å². The molecule has 130 valence electrons. The van der Waals surface area contributed by atoms with Gasteiger partial charge < -0.3 is 9.64 Å². The molecule has 0 aliphatic carbocycles. The minimum Gasteiger partial charge on any atom is -0.444 e. The molecule has 1 saturated heterocycles. The summed E-state index contributed by atoms with van der Waals surface area (Å²) in [6, 6.07) is 5.30. The first kappa shape index (κ1) is 18.4. The second-order valence-electron chi connectivity index (χ2n) is 6.91. The Hall–Kier alpha value is -1.94. The number of hydrogen-bond acceptors (Lipinski definition) is 5. The van der Waals surface area contributed by atoms with Crippen LogP contribution in [0.25, 0.3) is 0 Å². The lowest BCUT2D eigenvalue weighted by Gasteiger charge is -2.33. The molecule has 0 unspecified atom stereocenters. The van der Waals surface area contributed by atoms with E-state index in [1.807, 2.05) is 26.8 Å². The Morgan fingerprint density at radius 1 is 1.54 bits per heavy atom. The highest BCUT2D eigenvalue weighted by atomic mass is 32.2. The van der Waals surface area contributed by atoms with Crippen molar-refractivity contribution in [3.63, 3.8) is 0 Å². The maximum Gasteiger partial charge on any atom is 0.410 e. The maximum atomic E-state index is 12.6. The third kappa shape index (κ3) is 5.03. The van der Waals surface area contributed by atoms with Gasteiger partial charge in [-0.25, -0.2) is 9.78 Å². The van der Waals surface area contributed by atoms with Gasteiger partial charge in [0.15, 0.2) is 0 Å². The number of amides is 1. The fourth-order valence-electron chi connectivity index (χ4n) is 2.64. The molecule has 24 heavy (non-hydrogen) atoms. The minimum absolute atomic E-state index is 0.112. The lowest BCUT2D eigenvalue weighted by atomic mass is 10.0. The fraction of sp³-hybridized carbons (Fsp3) is 0.588. The van der Waals surface area contributed by atoms with Crippen LogP contribution in [0.2, 0.25) is 0 Å². The van der Waals surface area contributed by atoms with Gasteiger partial charge in [-0.2, -0.15) is 5.26 Å². The second-order valence-corrected chi connectivity index (χ2v) is 8.33. The molecule has 2 atom stereocenters. The predicted molar refractivity (Wildman–Crippen MR) is 90.8 cm³/mol. The molecule has 1 aliphatic rings. The van der Waals surface area contributed by atoms with E-state index in [1.54, 1.807) is 23.2 Å². The van der Waals surface area contributed by atoms with Gasteiger partial charge in [-0.15, -0.1) is 0 Å². The normalized spacial score (nSPS) is 19.4. The van der Waals surface area contributed by atoms with Crippen molar-refractivity contribution in [3.8, 4) is 6.07 Å². The Balaban J connectivity index is 1.99. The molecule has 0 saturated carbocycles. The van der Waals surface area contributed by atoms with E-state index in [0.717, 1.165) is 12.8 Å². The standard InChI is InChI=1S/C17H23N3O3S/c1-17(2,3)23-16(21)20-9-5-6-13(11-20)12-24(22)15-14(10-18)7-4-8-19-15/h4,7-8,13H,5-6,9,11-12H2,1-3H3/t13-,24+/m1/s1. The van der Waals surface area contributed by atoms with Gasteiger partial charge in [-0.3, -0.25) is 4.21 Å². The van der Waals surface area contributed by atoms with Crippen molar-refractivity contribution >= 4 is 16.9 Å². The third-order valence-corrected chi connectivity index (χ3v) is 5.20. The molecule has 1 aromatic heterocycles. The van der Waals surface area contributed by atoms with Gasteiger partial charge in [0.25, 0.3) is 0 Å². The average Bonchev–Trinajstić information content (AvgIpc) is 2.53. The number of carbonyl (C=O) groups excluding carboxylic acids is 1. The molecule has 0 N–H and O–H groups in total. The van der Waals surface area contributed by atoms with E-state index in [2.05, 4.69) is 4.98 Å². The summed E-state index contributed by atoms with van der Waals surface area (Å²) in [5, 5.41) is 9.43. The summed E-state index contributed by atoms with van der Waals surface area (Å²) in [5.41, 5.74) is -0.182. The first-order valence-electron chi connectivity index (χ1n) is 8.01. The van der Waals surface area contributed by atoms with E-state index in [1.165, 1.54) is 0 Å². The van der Waals surface area contributed by atoms with Gasteiger partial charge >= 0.3 is 6.09 Å². The molecular formula is C17H23N3O3S. The number of aromatic nitrogens is 1. The molecule has 0 bridgehead atoms. The first-order chi connectivity index (χ1) is 11.3. The predicted octanol–water partition coefficient (Wildman–Crippen LogP) is 2.71. The van der Waals surface area contributed by atoms with Crippen molar-refractivity contribution < 1.29 is 13.7 Å². The molecular weight excluding hydrogens is 326 g/mol. The Morgan fingerprint density at radius 2 is 2.29 bits per heavy atom. The van der Waals surface area contributed by atoms with Crippen LogP contribution in [0.3, 0.4) is 0 Å². The Bertz CT molecular complexity index is 664.